The van der Waals surface area contributed by atoms with Crippen LogP contribution in [0.4, 0.5) is 0 Å². The van der Waals surface area contributed by atoms with Crippen LogP contribution in [0.25, 0.3) is 10.8 Å². The largest absolute Gasteiger partial charge is 0.493 e. The molecule has 0 saturated carbocycles. The predicted octanol–water partition coefficient (Wildman–Crippen LogP) is 6.25. The summed E-state index contributed by atoms with van der Waals surface area (Å²) in [5, 5.41) is 6.70. The molecule has 1 N–H and O–H groups in total. The zero-order valence-corrected chi connectivity index (χ0v) is 21.5. The molecular formula is C29H27ClN2O5. The molecular weight excluding hydrogens is 492 g/mol. The molecule has 0 radical (unpaired) electrons. The molecule has 4 aromatic rings. The Kier molecular flexibility index (Phi) is 8.48. The molecule has 0 aliphatic heterocycles. The quantitative estimate of drug-likeness (QED) is 0.198. The van der Waals surface area contributed by atoms with Crippen molar-refractivity contribution in [2.75, 3.05) is 20.8 Å². The predicted molar refractivity (Wildman–Crippen MR) is 146 cm³/mol. The first-order chi connectivity index (χ1) is 18.0. The van der Waals surface area contributed by atoms with E-state index in [0.717, 1.165) is 16.3 Å². The SMILES string of the molecule is CCOc1cc(/C=N/NC(=O)c2ccc(OC)c(OC)c2)cc(Cl)c1OCc1cccc2ccccc12. The summed E-state index contributed by atoms with van der Waals surface area (Å²) < 4.78 is 22.4. The Bertz CT molecular complexity index is 1430. The van der Waals surface area contributed by atoms with Crippen molar-refractivity contribution in [1.29, 1.82) is 0 Å². The van der Waals surface area contributed by atoms with E-state index in [0.29, 0.717) is 52.4 Å². The Morgan fingerprint density at radius 3 is 2.49 bits per heavy atom. The molecule has 1 amide bonds. The van der Waals surface area contributed by atoms with Gasteiger partial charge in [-0.25, -0.2) is 5.43 Å². The van der Waals surface area contributed by atoms with E-state index in [4.69, 9.17) is 30.5 Å². The van der Waals surface area contributed by atoms with Gasteiger partial charge in [0.1, 0.15) is 6.61 Å². The molecule has 0 unspecified atom stereocenters. The van der Waals surface area contributed by atoms with Crippen LogP contribution in [0, 0.1) is 0 Å². The van der Waals surface area contributed by atoms with Gasteiger partial charge in [0.2, 0.25) is 0 Å². The van der Waals surface area contributed by atoms with Gasteiger partial charge in [-0.15, -0.1) is 0 Å². The summed E-state index contributed by atoms with van der Waals surface area (Å²) in [5.41, 5.74) is 4.56. The third kappa shape index (κ3) is 6.13. The Labute approximate surface area is 220 Å². The Morgan fingerprint density at radius 1 is 0.919 bits per heavy atom. The van der Waals surface area contributed by atoms with Crippen LogP contribution >= 0.6 is 11.6 Å². The number of nitrogens with zero attached hydrogens (tertiary/aromatic N) is 1. The normalized spacial score (nSPS) is 10.9. The van der Waals surface area contributed by atoms with Gasteiger partial charge in [-0.05, 0) is 59.2 Å². The average Bonchev–Trinajstić information content (AvgIpc) is 2.92. The number of hydrogen-bond donors (Lipinski definition) is 1. The van der Waals surface area contributed by atoms with Crippen LogP contribution in [0.15, 0.2) is 77.9 Å². The number of hydrazone groups is 1. The summed E-state index contributed by atoms with van der Waals surface area (Å²) in [6.07, 6.45) is 1.49. The maximum atomic E-state index is 12.5. The molecule has 0 heterocycles. The lowest BCUT2D eigenvalue weighted by Crippen LogP contribution is -2.17. The Morgan fingerprint density at radius 2 is 1.70 bits per heavy atom. The van der Waals surface area contributed by atoms with Crippen molar-refractivity contribution in [2.24, 2.45) is 5.10 Å². The van der Waals surface area contributed by atoms with Gasteiger partial charge in [0.15, 0.2) is 23.0 Å². The van der Waals surface area contributed by atoms with Crippen LogP contribution in [0.3, 0.4) is 0 Å². The highest BCUT2D eigenvalue weighted by atomic mass is 35.5. The van der Waals surface area contributed by atoms with Crippen LogP contribution in [-0.2, 0) is 6.61 Å². The van der Waals surface area contributed by atoms with Crippen molar-refractivity contribution in [3.05, 3.63) is 94.5 Å². The van der Waals surface area contributed by atoms with E-state index in [-0.39, 0.29) is 0 Å². The molecule has 0 saturated heterocycles. The fraction of sp³-hybridized carbons (Fsp3) is 0.172. The molecule has 0 spiro atoms. The first kappa shape index (κ1) is 25.9. The minimum atomic E-state index is -0.400. The standard InChI is InChI=1S/C29H27ClN2O5/c1-4-36-27-15-19(17-31-32-29(33)21-12-13-25(34-2)26(16-21)35-3)14-24(30)28(27)37-18-22-10-7-9-20-8-5-6-11-23(20)22/h5-17H,4,18H2,1-3H3,(H,32,33)/b31-17+. The summed E-state index contributed by atoms with van der Waals surface area (Å²) >= 11 is 6.57. The highest BCUT2D eigenvalue weighted by Crippen LogP contribution is 2.37. The number of benzene rings is 4. The average molecular weight is 519 g/mol. The highest BCUT2D eigenvalue weighted by molar-refractivity contribution is 6.32. The van der Waals surface area contributed by atoms with E-state index in [1.165, 1.54) is 20.4 Å². The van der Waals surface area contributed by atoms with Crippen LogP contribution in [-0.4, -0.2) is 32.9 Å². The molecule has 8 heteroatoms. The number of carbonyl (C=O) groups excluding carboxylic acids is 1. The van der Waals surface area contributed by atoms with Crippen molar-refractivity contribution >= 4 is 34.5 Å². The second kappa shape index (κ2) is 12.1. The maximum Gasteiger partial charge on any atom is 0.271 e. The molecule has 0 fully saturated rings. The smallest absolute Gasteiger partial charge is 0.271 e. The van der Waals surface area contributed by atoms with Gasteiger partial charge in [-0.2, -0.15) is 5.10 Å². The molecule has 37 heavy (non-hydrogen) atoms. The topological polar surface area (TPSA) is 78.4 Å². The van der Waals surface area contributed by atoms with Crippen molar-refractivity contribution < 1.29 is 23.7 Å². The van der Waals surface area contributed by atoms with Crippen molar-refractivity contribution in [3.8, 4) is 23.0 Å². The first-order valence-electron chi connectivity index (χ1n) is 11.6. The van der Waals surface area contributed by atoms with E-state index >= 15 is 0 Å². The van der Waals surface area contributed by atoms with Crippen LogP contribution in [0.1, 0.15) is 28.4 Å². The number of fused-ring (bicyclic) bond motifs is 1. The number of hydrogen-bond acceptors (Lipinski definition) is 6. The van der Waals surface area contributed by atoms with E-state index in [2.05, 4.69) is 28.7 Å². The van der Waals surface area contributed by atoms with Crippen molar-refractivity contribution in [3.63, 3.8) is 0 Å². The molecule has 4 aromatic carbocycles. The second-order valence-electron chi connectivity index (χ2n) is 7.96. The molecule has 7 nitrogen and oxygen atoms in total. The number of amides is 1. The lowest BCUT2D eigenvalue weighted by molar-refractivity contribution is 0.0954. The zero-order valence-electron chi connectivity index (χ0n) is 20.8. The minimum Gasteiger partial charge on any atom is -0.493 e. The van der Waals surface area contributed by atoms with E-state index in [1.807, 2.05) is 31.2 Å². The van der Waals surface area contributed by atoms with Gasteiger partial charge in [0, 0.05) is 5.56 Å². The summed E-state index contributed by atoms with van der Waals surface area (Å²) in [6.45, 7) is 2.64. The first-order valence-corrected chi connectivity index (χ1v) is 12.0. The summed E-state index contributed by atoms with van der Waals surface area (Å²) in [6, 6.07) is 22.6. The van der Waals surface area contributed by atoms with Gasteiger partial charge in [0.05, 0.1) is 32.1 Å². The molecule has 190 valence electrons. The lowest BCUT2D eigenvalue weighted by atomic mass is 10.1. The highest BCUT2D eigenvalue weighted by Gasteiger charge is 2.14. The van der Waals surface area contributed by atoms with Gasteiger partial charge in [-0.1, -0.05) is 54.1 Å². The Balaban J connectivity index is 1.49. The number of nitrogens with one attached hydrogen (secondary N) is 1. The van der Waals surface area contributed by atoms with Crippen LogP contribution < -0.4 is 24.4 Å². The van der Waals surface area contributed by atoms with Gasteiger partial charge in [-0.3, -0.25) is 4.79 Å². The number of ether oxygens (including phenoxy) is 4. The number of methoxy groups -OCH3 is 2. The van der Waals surface area contributed by atoms with Gasteiger partial charge >= 0.3 is 0 Å². The number of halogens is 1. The number of rotatable bonds is 10. The molecule has 0 aliphatic rings. The van der Waals surface area contributed by atoms with Gasteiger partial charge < -0.3 is 18.9 Å². The Hall–Kier alpha value is -4.23. The number of carbonyl (C=O) groups is 1. The van der Waals surface area contributed by atoms with Gasteiger partial charge in [0.25, 0.3) is 5.91 Å². The van der Waals surface area contributed by atoms with Crippen molar-refractivity contribution in [1.82, 2.24) is 5.43 Å². The molecule has 4 rings (SSSR count). The van der Waals surface area contributed by atoms with Crippen LogP contribution in [0.2, 0.25) is 5.02 Å². The third-order valence-electron chi connectivity index (χ3n) is 5.61. The summed E-state index contributed by atoms with van der Waals surface area (Å²) in [5.74, 6) is 1.52. The molecule has 0 aromatic heterocycles. The summed E-state index contributed by atoms with van der Waals surface area (Å²) in [7, 11) is 3.04. The van der Waals surface area contributed by atoms with Crippen molar-refractivity contribution in [2.45, 2.75) is 13.5 Å². The maximum absolute atomic E-state index is 12.5. The lowest BCUT2D eigenvalue weighted by Gasteiger charge is -2.15. The molecule has 0 atom stereocenters. The minimum absolute atomic E-state index is 0.329. The summed E-state index contributed by atoms with van der Waals surface area (Å²) in [4.78, 5) is 12.5. The van der Waals surface area contributed by atoms with E-state index < -0.39 is 5.91 Å². The van der Waals surface area contributed by atoms with Crippen LogP contribution in [0.5, 0.6) is 23.0 Å². The second-order valence-corrected chi connectivity index (χ2v) is 8.37. The molecule has 0 bridgehead atoms. The zero-order chi connectivity index (χ0) is 26.2. The fourth-order valence-electron chi connectivity index (χ4n) is 3.84. The third-order valence-corrected chi connectivity index (χ3v) is 5.89. The molecule has 0 aliphatic carbocycles. The van der Waals surface area contributed by atoms with E-state index in [9.17, 15) is 4.79 Å². The monoisotopic (exact) mass is 518 g/mol. The van der Waals surface area contributed by atoms with E-state index in [1.54, 1.807) is 30.3 Å². The fourth-order valence-corrected chi connectivity index (χ4v) is 4.11.